The molecule has 0 bridgehead atoms. The summed E-state index contributed by atoms with van der Waals surface area (Å²) in [6.07, 6.45) is 9.04. The summed E-state index contributed by atoms with van der Waals surface area (Å²) in [6, 6.07) is 0. The fourth-order valence-corrected chi connectivity index (χ4v) is 1.53. The zero-order valence-corrected chi connectivity index (χ0v) is 10.7. The molecule has 0 aromatic rings. The molecule has 17 heavy (non-hydrogen) atoms. The van der Waals surface area contributed by atoms with Gasteiger partial charge in [0.15, 0.2) is 4.98 Å². The molecule has 0 amide bonds. The van der Waals surface area contributed by atoms with Crippen molar-refractivity contribution in [3.63, 3.8) is 0 Å². The zero-order valence-electron chi connectivity index (χ0n) is 10.7. The maximum Gasteiger partial charge on any atom is 0.440 e. The average molecular weight is 239 g/mol. The van der Waals surface area contributed by atoms with Crippen LogP contribution in [0.3, 0.4) is 0 Å². The first kappa shape index (κ1) is 15.5. The Morgan fingerprint density at radius 1 is 1.29 bits per heavy atom. The van der Waals surface area contributed by atoms with E-state index in [1.165, 1.54) is 12.8 Å². The minimum absolute atomic E-state index is 0.234. The molecule has 4 heteroatoms. The minimum Gasteiger partial charge on any atom is -0.475 e. The van der Waals surface area contributed by atoms with Crippen LogP contribution in [0, 0.1) is 5.39 Å². The van der Waals surface area contributed by atoms with E-state index in [9.17, 15) is 5.11 Å². The molecule has 0 atom stereocenters. The Kier molecular flexibility index (Phi) is 10.0. The Morgan fingerprint density at radius 2 is 1.94 bits per heavy atom. The summed E-state index contributed by atoms with van der Waals surface area (Å²) in [5.74, 6) is -0.262. The van der Waals surface area contributed by atoms with Crippen LogP contribution in [-0.4, -0.2) is 11.7 Å². The number of aliphatic hydroxyl groups excluding tert-OH is 1. The Bertz CT molecular complexity index is 280. The topological polar surface area (TPSA) is 57.6 Å². The number of diazo groups is 1. The summed E-state index contributed by atoms with van der Waals surface area (Å²) in [6.45, 7) is 5.81. The second kappa shape index (κ2) is 11.0. The number of hydrogen-bond acceptors (Lipinski definition) is 3. The monoisotopic (exact) mass is 239 g/mol. The molecule has 0 rings (SSSR count). The maximum atomic E-state index is 9.37. The lowest BCUT2D eigenvalue weighted by Gasteiger charge is -1.99. The molecular formula is C13H23N2O2+. The average Bonchev–Trinajstić information content (AvgIpc) is 2.33. The standard InChI is InChI=1S/C13H22N2O2/c1-3-5-6-7-8-9-10-11-12(15-14)13(16)17-4-2/h3H,1,4-11H2,2H3/p+1/b13-12-. The van der Waals surface area contributed by atoms with Crippen LogP contribution in [0.25, 0.3) is 4.98 Å². The van der Waals surface area contributed by atoms with Gasteiger partial charge in [-0.3, -0.25) is 0 Å². The van der Waals surface area contributed by atoms with Crippen molar-refractivity contribution < 1.29 is 9.84 Å². The lowest BCUT2D eigenvalue weighted by atomic mass is 10.1. The van der Waals surface area contributed by atoms with Crippen molar-refractivity contribution in [1.82, 2.24) is 0 Å². The van der Waals surface area contributed by atoms with Gasteiger partial charge >= 0.3 is 11.6 Å². The summed E-state index contributed by atoms with van der Waals surface area (Å²) in [5.41, 5.74) is 0.234. The lowest BCUT2D eigenvalue weighted by molar-refractivity contribution is 0.0977. The highest BCUT2D eigenvalue weighted by Crippen LogP contribution is 2.15. The molecule has 0 fully saturated rings. The van der Waals surface area contributed by atoms with Crippen LogP contribution >= 0.6 is 0 Å². The predicted octanol–water partition coefficient (Wildman–Crippen LogP) is 4.52. The molecule has 4 nitrogen and oxygen atoms in total. The SMILES string of the molecule is C=CCCCCCCC/C([N+]#N)=C(\O)OCC. The van der Waals surface area contributed by atoms with E-state index in [1.807, 2.05) is 6.08 Å². The Labute approximate surface area is 104 Å². The van der Waals surface area contributed by atoms with Crippen molar-refractivity contribution >= 4 is 0 Å². The Hall–Kier alpha value is -1.50. The van der Waals surface area contributed by atoms with Gasteiger partial charge in [0.2, 0.25) is 5.39 Å². The van der Waals surface area contributed by atoms with E-state index in [0.29, 0.717) is 13.0 Å². The van der Waals surface area contributed by atoms with E-state index in [-0.39, 0.29) is 11.6 Å². The summed E-state index contributed by atoms with van der Waals surface area (Å²) in [5, 5.41) is 18.1. The summed E-state index contributed by atoms with van der Waals surface area (Å²) < 4.78 is 4.88. The van der Waals surface area contributed by atoms with Crippen LogP contribution in [0.4, 0.5) is 0 Å². The summed E-state index contributed by atoms with van der Waals surface area (Å²) in [4.78, 5) is 3.05. The normalized spacial score (nSPS) is 11.5. The maximum absolute atomic E-state index is 9.37. The third kappa shape index (κ3) is 8.32. The highest BCUT2D eigenvalue weighted by molar-refractivity contribution is 5.09. The number of rotatable bonds is 10. The van der Waals surface area contributed by atoms with Gasteiger partial charge in [0, 0.05) is 0 Å². The van der Waals surface area contributed by atoms with Crippen LogP contribution in [0.1, 0.15) is 51.9 Å². The van der Waals surface area contributed by atoms with E-state index in [4.69, 9.17) is 10.1 Å². The van der Waals surface area contributed by atoms with Crippen molar-refractivity contribution in [2.75, 3.05) is 6.61 Å². The molecule has 1 N–H and O–H groups in total. The van der Waals surface area contributed by atoms with Gasteiger partial charge in [-0.15, -0.1) is 6.58 Å². The highest BCUT2D eigenvalue weighted by atomic mass is 16.6. The number of hydrogen-bond donors (Lipinski definition) is 1. The number of ether oxygens (including phenoxy) is 1. The van der Waals surface area contributed by atoms with Crippen LogP contribution in [0.5, 0.6) is 0 Å². The van der Waals surface area contributed by atoms with Crippen molar-refractivity contribution in [3.05, 3.63) is 29.3 Å². The lowest BCUT2D eigenvalue weighted by Crippen LogP contribution is -1.94. The van der Waals surface area contributed by atoms with E-state index in [0.717, 1.165) is 25.7 Å². The number of aliphatic hydroxyl groups is 1. The molecule has 0 saturated heterocycles. The number of nitrogens with zero attached hydrogens (tertiary/aromatic N) is 2. The molecule has 0 unspecified atom stereocenters. The van der Waals surface area contributed by atoms with Gasteiger partial charge in [0.1, 0.15) is 0 Å². The van der Waals surface area contributed by atoms with Crippen LogP contribution in [0.2, 0.25) is 0 Å². The van der Waals surface area contributed by atoms with Crippen LogP contribution in [0.15, 0.2) is 24.3 Å². The third-order valence-corrected chi connectivity index (χ3v) is 2.47. The van der Waals surface area contributed by atoms with Crippen LogP contribution in [-0.2, 0) is 4.74 Å². The van der Waals surface area contributed by atoms with E-state index < -0.39 is 0 Å². The summed E-state index contributed by atoms with van der Waals surface area (Å²) >= 11 is 0. The quantitative estimate of drug-likeness (QED) is 0.264. The van der Waals surface area contributed by atoms with Gasteiger partial charge in [-0.05, 0) is 26.2 Å². The molecule has 0 aliphatic rings. The Balaban J connectivity index is 3.68. The number of allylic oxidation sites excluding steroid dienone is 2. The molecule has 0 radical (unpaired) electrons. The van der Waals surface area contributed by atoms with Crippen molar-refractivity contribution in [3.8, 4) is 0 Å². The molecule has 0 aliphatic carbocycles. The Morgan fingerprint density at radius 3 is 2.53 bits per heavy atom. The van der Waals surface area contributed by atoms with Gasteiger partial charge in [0.25, 0.3) is 0 Å². The molecule has 0 aliphatic heterocycles. The first-order valence-electron chi connectivity index (χ1n) is 6.27. The molecule has 0 aromatic heterocycles. The molecule has 0 saturated carbocycles. The van der Waals surface area contributed by atoms with Crippen molar-refractivity contribution in [1.29, 1.82) is 5.39 Å². The largest absolute Gasteiger partial charge is 0.475 e. The van der Waals surface area contributed by atoms with E-state index >= 15 is 0 Å². The van der Waals surface area contributed by atoms with E-state index in [1.54, 1.807) is 6.92 Å². The first-order chi connectivity index (χ1) is 8.26. The van der Waals surface area contributed by atoms with Gasteiger partial charge < -0.3 is 9.84 Å². The van der Waals surface area contributed by atoms with Gasteiger partial charge in [0.05, 0.1) is 13.0 Å². The highest BCUT2D eigenvalue weighted by Gasteiger charge is 2.19. The molecule has 0 spiro atoms. The van der Waals surface area contributed by atoms with Crippen molar-refractivity contribution in [2.45, 2.75) is 51.9 Å². The smallest absolute Gasteiger partial charge is 0.440 e. The molecular weight excluding hydrogens is 216 g/mol. The number of unbranched alkanes of at least 4 members (excludes halogenated alkanes) is 5. The summed E-state index contributed by atoms with van der Waals surface area (Å²) in [7, 11) is 0. The first-order valence-corrected chi connectivity index (χ1v) is 6.27. The predicted molar refractivity (Wildman–Crippen MR) is 68.9 cm³/mol. The fourth-order valence-electron chi connectivity index (χ4n) is 1.53. The fraction of sp³-hybridized carbons (Fsp3) is 0.692. The second-order valence-electron chi connectivity index (χ2n) is 3.88. The zero-order chi connectivity index (χ0) is 12.9. The van der Waals surface area contributed by atoms with Crippen LogP contribution < -0.4 is 0 Å². The van der Waals surface area contributed by atoms with Gasteiger partial charge in [-0.25, -0.2) is 0 Å². The van der Waals surface area contributed by atoms with Gasteiger partial charge in [-0.1, -0.05) is 25.3 Å². The molecule has 0 heterocycles. The van der Waals surface area contributed by atoms with Gasteiger partial charge in [-0.2, -0.15) is 0 Å². The minimum atomic E-state index is -0.262. The third-order valence-electron chi connectivity index (χ3n) is 2.47. The molecule has 96 valence electrons. The van der Waals surface area contributed by atoms with Crippen molar-refractivity contribution in [2.24, 2.45) is 0 Å². The van der Waals surface area contributed by atoms with E-state index in [2.05, 4.69) is 11.6 Å². The molecule has 0 aromatic carbocycles. The second-order valence-corrected chi connectivity index (χ2v) is 3.88.